The molecule has 5 atom stereocenters. The van der Waals surface area contributed by atoms with Crippen molar-refractivity contribution >= 4 is 8.32 Å². The summed E-state index contributed by atoms with van der Waals surface area (Å²) in [6.45, 7) is 17.6. The van der Waals surface area contributed by atoms with E-state index in [4.69, 9.17) is 13.9 Å². The second-order valence-electron chi connectivity index (χ2n) is 9.73. The Morgan fingerprint density at radius 2 is 1.65 bits per heavy atom. The highest BCUT2D eigenvalue weighted by Gasteiger charge is 2.56. The molecule has 0 amide bonds. The number of hydrogen-bond acceptors (Lipinski definition) is 4. The average molecular weight is 378 g/mol. The number of ether oxygens (including phenoxy) is 2. The van der Waals surface area contributed by atoms with Gasteiger partial charge in [0, 0.05) is 0 Å². The van der Waals surface area contributed by atoms with Crippen LogP contribution in [-0.4, -0.2) is 38.5 Å². The minimum absolute atomic E-state index is 0.00265. The number of hydrogen-bond donors (Lipinski definition) is 1. The normalized spacial score (nSPS) is 32.5. The van der Waals surface area contributed by atoms with Crippen molar-refractivity contribution in [1.82, 2.24) is 5.32 Å². The van der Waals surface area contributed by atoms with Gasteiger partial charge in [0.25, 0.3) is 0 Å². The van der Waals surface area contributed by atoms with Gasteiger partial charge in [-0.15, -0.1) is 0 Å². The zero-order chi connectivity index (χ0) is 19.3. The second-order valence-corrected chi connectivity index (χ2v) is 14.5. The van der Waals surface area contributed by atoms with Gasteiger partial charge in [0.2, 0.25) is 0 Å². The highest BCUT2D eigenvalue weighted by molar-refractivity contribution is 6.74. The van der Waals surface area contributed by atoms with Gasteiger partial charge in [-0.1, -0.05) is 51.1 Å². The summed E-state index contributed by atoms with van der Waals surface area (Å²) in [7, 11) is -1.85. The summed E-state index contributed by atoms with van der Waals surface area (Å²) >= 11 is 0. The highest BCUT2D eigenvalue weighted by atomic mass is 28.4. The van der Waals surface area contributed by atoms with Crippen LogP contribution in [0.5, 0.6) is 0 Å². The number of fused-ring (bicyclic) bond motifs is 1. The molecular formula is C21H35NO3Si. The minimum Gasteiger partial charge on any atom is -0.413 e. The Morgan fingerprint density at radius 1 is 1.08 bits per heavy atom. The summed E-state index contributed by atoms with van der Waals surface area (Å²) in [6.07, 6.45) is 0.0624. The van der Waals surface area contributed by atoms with Crippen LogP contribution < -0.4 is 5.32 Å². The van der Waals surface area contributed by atoms with E-state index in [1.165, 1.54) is 5.56 Å². The predicted octanol–water partition coefficient (Wildman–Crippen LogP) is 4.63. The molecule has 0 unspecified atom stereocenters. The van der Waals surface area contributed by atoms with Crippen molar-refractivity contribution in [3.05, 3.63) is 35.9 Å². The van der Waals surface area contributed by atoms with Gasteiger partial charge in [-0.25, -0.2) is 0 Å². The van der Waals surface area contributed by atoms with Crippen LogP contribution in [0.3, 0.4) is 0 Å². The van der Waals surface area contributed by atoms with Crippen LogP contribution in [0.4, 0.5) is 0 Å². The molecule has 26 heavy (non-hydrogen) atoms. The summed E-state index contributed by atoms with van der Waals surface area (Å²) < 4.78 is 19.3. The fraction of sp³-hybridized carbons (Fsp3) is 0.714. The van der Waals surface area contributed by atoms with E-state index in [1.54, 1.807) is 0 Å². The quantitative estimate of drug-likeness (QED) is 0.777. The van der Waals surface area contributed by atoms with Crippen molar-refractivity contribution in [2.24, 2.45) is 0 Å². The Balaban J connectivity index is 1.83. The molecule has 2 aliphatic rings. The molecule has 1 aromatic carbocycles. The van der Waals surface area contributed by atoms with E-state index in [2.05, 4.69) is 70.4 Å². The van der Waals surface area contributed by atoms with Gasteiger partial charge in [-0.3, -0.25) is 5.32 Å². The SMILES string of the molecule is C[C@H](O[Si](C)(C)C(C)(C)C)[C@@H]1N[C@@H](c2ccccc2)[C@@H]2OC(C)(C)O[C@H]12. The van der Waals surface area contributed by atoms with Crippen molar-refractivity contribution in [2.75, 3.05) is 0 Å². The van der Waals surface area contributed by atoms with Gasteiger partial charge in [0.15, 0.2) is 14.1 Å². The van der Waals surface area contributed by atoms with Gasteiger partial charge in [-0.05, 0) is 44.5 Å². The predicted molar refractivity (Wildman–Crippen MR) is 108 cm³/mol. The summed E-state index contributed by atoms with van der Waals surface area (Å²) in [6, 6.07) is 10.8. The molecule has 0 bridgehead atoms. The Labute approximate surface area is 159 Å². The average Bonchev–Trinajstić information content (AvgIpc) is 2.99. The lowest BCUT2D eigenvalue weighted by Crippen LogP contribution is -2.51. The molecule has 0 spiro atoms. The topological polar surface area (TPSA) is 39.7 Å². The van der Waals surface area contributed by atoms with E-state index in [-0.39, 0.29) is 35.4 Å². The maximum Gasteiger partial charge on any atom is 0.192 e. The Bertz CT molecular complexity index is 626. The Hall–Kier alpha value is -0.723. The molecular weight excluding hydrogens is 342 g/mol. The summed E-state index contributed by atoms with van der Waals surface area (Å²) in [5, 5.41) is 3.95. The molecule has 2 fully saturated rings. The lowest BCUT2D eigenvalue weighted by Gasteiger charge is -2.40. The third-order valence-corrected chi connectivity index (χ3v) is 10.7. The molecule has 5 heteroatoms. The molecule has 2 saturated heterocycles. The first-order valence-electron chi connectivity index (χ1n) is 9.76. The molecule has 146 valence electrons. The van der Waals surface area contributed by atoms with Crippen LogP contribution in [-0.2, 0) is 13.9 Å². The third-order valence-electron chi connectivity index (χ3n) is 6.17. The smallest absolute Gasteiger partial charge is 0.192 e. The van der Waals surface area contributed by atoms with E-state index < -0.39 is 14.1 Å². The van der Waals surface area contributed by atoms with Crippen LogP contribution in [0.25, 0.3) is 0 Å². The second kappa shape index (κ2) is 6.71. The zero-order valence-corrected chi connectivity index (χ0v) is 18.5. The molecule has 1 aromatic rings. The van der Waals surface area contributed by atoms with Crippen LogP contribution in [0.1, 0.15) is 53.1 Å². The van der Waals surface area contributed by atoms with Crippen LogP contribution in [0, 0.1) is 0 Å². The fourth-order valence-electron chi connectivity index (χ4n) is 3.81. The van der Waals surface area contributed by atoms with Crippen molar-refractivity contribution in [2.45, 2.75) is 95.9 Å². The Morgan fingerprint density at radius 3 is 2.23 bits per heavy atom. The standard InChI is InChI=1S/C21H35NO3Si/c1-14(25-26(7,8)20(2,3)4)16-18-19(24-21(5,6)23-18)17(22-16)15-12-10-9-11-13-15/h9-14,16-19,22H,1-8H3/t14-,16-,17-,18+,19-/m0/s1. The van der Waals surface area contributed by atoms with Crippen molar-refractivity contribution in [1.29, 1.82) is 0 Å². The van der Waals surface area contributed by atoms with Crippen molar-refractivity contribution < 1.29 is 13.9 Å². The zero-order valence-electron chi connectivity index (χ0n) is 17.5. The largest absolute Gasteiger partial charge is 0.413 e. The molecule has 2 heterocycles. The summed E-state index contributed by atoms with van der Waals surface area (Å²) in [5.74, 6) is -0.556. The van der Waals surface area contributed by atoms with E-state index in [0.29, 0.717) is 0 Å². The van der Waals surface area contributed by atoms with E-state index >= 15 is 0 Å². The summed E-state index contributed by atoms with van der Waals surface area (Å²) in [5.41, 5.74) is 1.24. The molecule has 1 N–H and O–H groups in total. The number of benzene rings is 1. The Kier molecular flexibility index (Phi) is 5.17. The maximum atomic E-state index is 6.69. The van der Waals surface area contributed by atoms with Gasteiger partial charge < -0.3 is 13.9 Å². The van der Waals surface area contributed by atoms with Gasteiger partial charge >= 0.3 is 0 Å². The van der Waals surface area contributed by atoms with Crippen molar-refractivity contribution in [3.8, 4) is 0 Å². The molecule has 0 aliphatic carbocycles. The van der Waals surface area contributed by atoms with Gasteiger partial charge in [0.05, 0.1) is 18.2 Å². The molecule has 4 nitrogen and oxygen atoms in total. The number of nitrogens with one attached hydrogen (secondary N) is 1. The first-order valence-corrected chi connectivity index (χ1v) is 12.7. The first-order chi connectivity index (χ1) is 11.9. The first kappa shape index (κ1) is 20.0. The molecule has 3 rings (SSSR count). The lowest BCUT2D eigenvalue weighted by atomic mass is 10.0. The highest BCUT2D eigenvalue weighted by Crippen LogP contribution is 2.44. The molecule has 0 saturated carbocycles. The minimum atomic E-state index is -1.85. The van der Waals surface area contributed by atoms with Crippen molar-refractivity contribution in [3.63, 3.8) is 0 Å². The van der Waals surface area contributed by atoms with Crippen LogP contribution in [0.15, 0.2) is 30.3 Å². The maximum absolute atomic E-state index is 6.69. The molecule has 2 aliphatic heterocycles. The summed E-state index contributed by atoms with van der Waals surface area (Å²) in [4.78, 5) is 0. The van der Waals surface area contributed by atoms with Crippen LogP contribution >= 0.6 is 0 Å². The van der Waals surface area contributed by atoms with Gasteiger partial charge in [-0.2, -0.15) is 0 Å². The lowest BCUT2D eigenvalue weighted by molar-refractivity contribution is -0.159. The molecule has 0 aromatic heterocycles. The van der Waals surface area contributed by atoms with E-state index in [1.807, 2.05) is 19.9 Å². The van der Waals surface area contributed by atoms with Gasteiger partial charge in [0.1, 0.15) is 12.2 Å². The molecule has 0 radical (unpaired) electrons. The monoisotopic (exact) mass is 377 g/mol. The van der Waals surface area contributed by atoms with E-state index in [0.717, 1.165) is 0 Å². The number of rotatable bonds is 4. The van der Waals surface area contributed by atoms with Crippen LogP contribution in [0.2, 0.25) is 18.1 Å². The third kappa shape index (κ3) is 3.78. The fourth-order valence-corrected chi connectivity index (χ4v) is 5.24. The van der Waals surface area contributed by atoms with E-state index in [9.17, 15) is 0 Å².